The topological polar surface area (TPSA) is 12.0 Å². The Balaban J connectivity index is 3.01. The highest BCUT2D eigenvalue weighted by molar-refractivity contribution is 8.00. The lowest BCUT2D eigenvalue weighted by Gasteiger charge is -2.20. The number of rotatable bonds is 5. The third-order valence-corrected chi connectivity index (χ3v) is 3.66. The standard InChI is InChI=1S/C15H22F3NS/c1-5-8-19-10-11-6-7-12(20-14(2,3)4)9-13(11)15(16,17)18/h6-7,9,19H,5,8,10H2,1-4H3. The largest absolute Gasteiger partial charge is 0.416 e. The van der Waals surface area contributed by atoms with E-state index < -0.39 is 11.7 Å². The maximum absolute atomic E-state index is 13.1. The van der Waals surface area contributed by atoms with Gasteiger partial charge >= 0.3 is 6.18 Å². The van der Waals surface area contributed by atoms with Gasteiger partial charge in [0.2, 0.25) is 0 Å². The van der Waals surface area contributed by atoms with Crippen LogP contribution in [0.4, 0.5) is 13.2 Å². The molecule has 0 spiro atoms. The summed E-state index contributed by atoms with van der Waals surface area (Å²) >= 11 is 1.45. The van der Waals surface area contributed by atoms with E-state index in [-0.39, 0.29) is 11.3 Å². The van der Waals surface area contributed by atoms with Crippen LogP contribution >= 0.6 is 11.8 Å². The summed E-state index contributed by atoms with van der Waals surface area (Å²) in [5, 5.41) is 3.02. The minimum atomic E-state index is -4.31. The molecule has 20 heavy (non-hydrogen) atoms. The highest BCUT2D eigenvalue weighted by atomic mass is 32.2. The van der Waals surface area contributed by atoms with Crippen molar-refractivity contribution in [3.05, 3.63) is 29.3 Å². The first-order chi connectivity index (χ1) is 9.13. The van der Waals surface area contributed by atoms with Gasteiger partial charge in [0.05, 0.1) is 5.56 Å². The molecular weight excluding hydrogens is 283 g/mol. The molecule has 5 heteroatoms. The van der Waals surface area contributed by atoms with E-state index in [1.165, 1.54) is 17.8 Å². The first kappa shape index (κ1) is 17.4. The molecule has 0 bridgehead atoms. The lowest BCUT2D eigenvalue weighted by Crippen LogP contribution is -2.18. The van der Waals surface area contributed by atoms with Gasteiger partial charge in [-0.2, -0.15) is 13.2 Å². The summed E-state index contributed by atoms with van der Waals surface area (Å²) in [7, 11) is 0. The van der Waals surface area contributed by atoms with E-state index in [9.17, 15) is 13.2 Å². The second kappa shape index (κ2) is 6.85. The second-order valence-electron chi connectivity index (χ2n) is 5.71. The van der Waals surface area contributed by atoms with Crippen molar-refractivity contribution in [2.24, 2.45) is 0 Å². The molecule has 1 N–H and O–H groups in total. The summed E-state index contributed by atoms with van der Waals surface area (Å²) in [4.78, 5) is 0.657. The quantitative estimate of drug-likeness (QED) is 0.600. The Hall–Kier alpha value is -0.680. The Morgan fingerprint density at radius 3 is 2.30 bits per heavy atom. The lowest BCUT2D eigenvalue weighted by atomic mass is 10.1. The van der Waals surface area contributed by atoms with E-state index in [1.807, 2.05) is 27.7 Å². The van der Waals surface area contributed by atoms with Crippen LogP contribution in [0.15, 0.2) is 23.1 Å². The molecule has 0 amide bonds. The van der Waals surface area contributed by atoms with Gasteiger partial charge in [0.25, 0.3) is 0 Å². The third-order valence-electron chi connectivity index (χ3n) is 2.55. The molecule has 1 aromatic rings. The fourth-order valence-corrected chi connectivity index (χ4v) is 2.81. The summed E-state index contributed by atoms with van der Waals surface area (Å²) in [5.74, 6) is 0. The fourth-order valence-electron chi connectivity index (χ4n) is 1.79. The van der Waals surface area contributed by atoms with Crippen LogP contribution in [0.3, 0.4) is 0 Å². The number of thioether (sulfide) groups is 1. The number of alkyl halides is 3. The number of hydrogen-bond donors (Lipinski definition) is 1. The average Bonchev–Trinajstić information content (AvgIpc) is 2.27. The van der Waals surface area contributed by atoms with Crippen LogP contribution in [-0.4, -0.2) is 11.3 Å². The predicted molar refractivity (Wildman–Crippen MR) is 79.1 cm³/mol. The van der Waals surface area contributed by atoms with Crippen molar-refractivity contribution in [1.29, 1.82) is 0 Å². The molecule has 0 aliphatic carbocycles. The fraction of sp³-hybridized carbons (Fsp3) is 0.600. The van der Waals surface area contributed by atoms with E-state index in [0.29, 0.717) is 10.5 Å². The van der Waals surface area contributed by atoms with Crippen LogP contribution in [0, 0.1) is 0 Å². The number of benzene rings is 1. The van der Waals surface area contributed by atoms with Crippen LogP contribution in [0.5, 0.6) is 0 Å². The summed E-state index contributed by atoms with van der Waals surface area (Å²) in [6.07, 6.45) is -3.41. The minimum Gasteiger partial charge on any atom is -0.313 e. The maximum atomic E-state index is 13.1. The van der Waals surface area contributed by atoms with Gasteiger partial charge in [-0.05, 0) is 30.7 Å². The zero-order chi connectivity index (χ0) is 15.4. The van der Waals surface area contributed by atoms with Crippen molar-refractivity contribution in [3.63, 3.8) is 0 Å². The van der Waals surface area contributed by atoms with Gasteiger partial charge < -0.3 is 5.32 Å². The molecule has 0 unspecified atom stereocenters. The number of hydrogen-bond acceptors (Lipinski definition) is 2. The first-order valence-corrected chi connectivity index (χ1v) is 7.55. The van der Waals surface area contributed by atoms with E-state index >= 15 is 0 Å². The molecule has 0 saturated heterocycles. The van der Waals surface area contributed by atoms with Gasteiger partial charge in [-0.1, -0.05) is 33.8 Å². The lowest BCUT2D eigenvalue weighted by molar-refractivity contribution is -0.138. The van der Waals surface area contributed by atoms with E-state index in [2.05, 4.69) is 5.32 Å². The zero-order valence-electron chi connectivity index (χ0n) is 12.4. The smallest absolute Gasteiger partial charge is 0.313 e. The summed E-state index contributed by atoms with van der Waals surface area (Å²) in [6, 6.07) is 4.62. The van der Waals surface area contributed by atoms with Crippen molar-refractivity contribution >= 4 is 11.8 Å². The second-order valence-corrected chi connectivity index (χ2v) is 7.61. The average molecular weight is 305 g/mol. The van der Waals surface area contributed by atoms with Crippen molar-refractivity contribution in [2.45, 2.75) is 56.5 Å². The van der Waals surface area contributed by atoms with E-state index in [4.69, 9.17) is 0 Å². The molecular formula is C15H22F3NS. The van der Waals surface area contributed by atoms with Crippen molar-refractivity contribution < 1.29 is 13.2 Å². The van der Waals surface area contributed by atoms with E-state index in [0.717, 1.165) is 13.0 Å². The van der Waals surface area contributed by atoms with Crippen LogP contribution in [0.1, 0.15) is 45.2 Å². The normalized spacial score (nSPS) is 12.8. The Morgan fingerprint density at radius 2 is 1.80 bits per heavy atom. The SMILES string of the molecule is CCCNCc1ccc(SC(C)(C)C)cc1C(F)(F)F. The maximum Gasteiger partial charge on any atom is 0.416 e. The molecule has 0 fully saturated rings. The number of nitrogens with one attached hydrogen (secondary N) is 1. The van der Waals surface area contributed by atoms with Gasteiger partial charge in [0.15, 0.2) is 0 Å². The van der Waals surface area contributed by atoms with Gasteiger partial charge in [0.1, 0.15) is 0 Å². The Kier molecular flexibility index (Phi) is 5.95. The van der Waals surface area contributed by atoms with Gasteiger partial charge in [-0.3, -0.25) is 0 Å². The Morgan fingerprint density at radius 1 is 1.15 bits per heavy atom. The first-order valence-electron chi connectivity index (χ1n) is 6.73. The molecule has 0 radical (unpaired) electrons. The van der Waals surface area contributed by atoms with Gasteiger partial charge in [-0.15, -0.1) is 11.8 Å². The van der Waals surface area contributed by atoms with Crippen LogP contribution < -0.4 is 5.32 Å². The predicted octanol–water partition coefficient (Wildman–Crippen LogP) is 5.10. The summed E-state index contributed by atoms with van der Waals surface area (Å²) < 4.78 is 39.3. The molecule has 0 aliphatic heterocycles. The Bertz CT molecular complexity index is 436. The molecule has 1 aromatic carbocycles. The molecule has 0 saturated carbocycles. The minimum absolute atomic E-state index is 0.106. The van der Waals surface area contributed by atoms with Crippen molar-refractivity contribution in [3.8, 4) is 0 Å². The molecule has 1 rings (SSSR count). The van der Waals surface area contributed by atoms with Gasteiger partial charge in [-0.25, -0.2) is 0 Å². The molecule has 1 nitrogen and oxygen atoms in total. The molecule has 0 heterocycles. The summed E-state index contributed by atoms with van der Waals surface area (Å²) in [5.41, 5.74) is -0.223. The van der Waals surface area contributed by atoms with E-state index in [1.54, 1.807) is 12.1 Å². The van der Waals surface area contributed by atoms with Crippen LogP contribution in [-0.2, 0) is 12.7 Å². The Labute approximate surface area is 123 Å². The van der Waals surface area contributed by atoms with Crippen LogP contribution in [0.2, 0.25) is 0 Å². The monoisotopic (exact) mass is 305 g/mol. The summed E-state index contributed by atoms with van der Waals surface area (Å²) in [6.45, 7) is 8.92. The molecule has 0 aromatic heterocycles. The highest BCUT2D eigenvalue weighted by Crippen LogP contribution is 2.38. The number of halogens is 3. The zero-order valence-corrected chi connectivity index (χ0v) is 13.2. The third kappa shape index (κ3) is 5.75. The molecule has 0 aliphatic rings. The van der Waals surface area contributed by atoms with Gasteiger partial charge in [0, 0.05) is 16.2 Å². The van der Waals surface area contributed by atoms with Crippen LogP contribution in [0.25, 0.3) is 0 Å². The highest BCUT2D eigenvalue weighted by Gasteiger charge is 2.33. The van der Waals surface area contributed by atoms with Crippen molar-refractivity contribution in [2.75, 3.05) is 6.54 Å². The van der Waals surface area contributed by atoms with Crippen molar-refractivity contribution in [1.82, 2.24) is 5.32 Å². The molecule has 114 valence electrons. The molecule has 0 atom stereocenters.